The van der Waals surface area contributed by atoms with Crippen LogP contribution in [0.15, 0.2) is 0 Å². The molecule has 0 atom stereocenters. The first-order chi connectivity index (χ1) is 5.21. The molecule has 0 aromatic rings. The third kappa shape index (κ3) is 16.5. The van der Waals surface area contributed by atoms with Crippen molar-refractivity contribution in [1.29, 1.82) is 0 Å². The summed E-state index contributed by atoms with van der Waals surface area (Å²) in [4.78, 5) is 0. The van der Waals surface area contributed by atoms with E-state index in [1.54, 1.807) is 0 Å². The minimum Gasteiger partial charge on any atom is -0.748 e. The quantitative estimate of drug-likeness (QED) is 0.224. The molecule has 0 aliphatic rings. The van der Waals surface area contributed by atoms with Crippen LogP contribution in [0.4, 0.5) is 0 Å². The molecule has 0 spiro atoms. The number of hydrogen-bond donors (Lipinski definition) is 0. The van der Waals surface area contributed by atoms with Gasteiger partial charge in [-0.15, -0.1) is 0 Å². The Labute approximate surface area is 125 Å². The van der Waals surface area contributed by atoms with E-state index in [1.165, 1.54) is 0 Å². The number of hydrogen-bond acceptors (Lipinski definition) is 6. The summed E-state index contributed by atoms with van der Waals surface area (Å²) < 4.78 is 51.1. The molecule has 0 heterocycles. The fourth-order valence-electron chi connectivity index (χ4n) is 0.446. The third-order valence-electron chi connectivity index (χ3n) is 0.836. The summed E-state index contributed by atoms with van der Waals surface area (Å²) in [5.41, 5.74) is 0. The zero-order chi connectivity index (χ0) is 9.83. The maximum atomic E-state index is 10.5. The van der Waals surface area contributed by atoms with Gasteiger partial charge in [0.1, 0.15) is 0 Å². The molecule has 0 saturated heterocycles. The average molecular weight is 272 g/mol. The Bertz CT molecular complexity index is 284. The molecule has 0 aromatic carbocycles. The summed E-state index contributed by atoms with van der Waals surface area (Å²) in [6, 6.07) is 0. The molecule has 0 aliphatic heterocycles. The normalized spacial score (nSPS) is 12.2. The van der Waals surface area contributed by atoms with Crippen molar-refractivity contribution in [3.63, 3.8) is 0 Å². The Kier molecular flexibility index (Phi) is 9.52. The summed E-state index contributed by atoms with van der Waals surface area (Å²) in [6.45, 7) is 0. The smallest absolute Gasteiger partial charge is 0.748 e. The van der Waals surface area contributed by atoms with Gasteiger partial charge in [0.05, 0.1) is 10.1 Å². The van der Waals surface area contributed by atoms with E-state index in [1.807, 2.05) is 0 Å². The second-order valence-corrected chi connectivity index (χ2v) is 8.24. The Hall–Kier alpha value is 1.85. The molecule has 0 N–H and O–H groups in total. The van der Waals surface area contributed by atoms with E-state index in [0.717, 1.165) is 6.26 Å². The van der Waals surface area contributed by atoms with Gasteiger partial charge in [0.15, 0.2) is 8.87 Å². The molecule has 0 rings (SSSR count). The third-order valence-corrected chi connectivity index (χ3v) is 4.29. The molecule has 0 unspecified atom stereocenters. The van der Waals surface area contributed by atoms with Gasteiger partial charge >= 0.3 is 51.4 Å². The Morgan fingerprint density at radius 3 is 2.00 bits per heavy atom. The summed E-state index contributed by atoms with van der Waals surface area (Å²) in [5.74, 6) is -0.365. The van der Waals surface area contributed by atoms with Crippen LogP contribution >= 0.6 is 10.8 Å². The maximum Gasteiger partial charge on any atom is 1.00 e. The minimum atomic E-state index is -4.20. The molecule has 9 heteroatoms. The second-order valence-electron chi connectivity index (χ2n) is 2.14. The van der Waals surface area contributed by atoms with Crippen LogP contribution in [0.1, 0.15) is 6.42 Å². The van der Waals surface area contributed by atoms with Crippen molar-refractivity contribution < 1.29 is 72.8 Å². The average Bonchev–Trinajstić information content (AvgIpc) is 1.76. The van der Waals surface area contributed by atoms with Crippen molar-refractivity contribution in [2.45, 2.75) is 6.42 Å². The maximum absolute atomic E-state index is 10.5. The van der Waals surface area contributed by atoms with Gasteiger partial charge in [0, 0.05) is 17.8 Å². The van der Waals surface area contributed by atoms with Gasteiger partial charge in [-0.3, -0.25) is 0 Å². The molecule has 0 aromatic heterocycles. The first kappa shape index (κ1) is 17.2. The van der Waals surface area contributed by atoms with Gasteiger partial charge < -0.3 is 4.55 Å². The molecular formula is C4H9KO5S3. The predicted molar refractivity (Wildman–Crippen MR) is 46.5 cm³/mol. The molecule has 0 aliphatic carbocycles. The predicted octanol–water partition coefficient (Wildman–Crippen LogP) is -3.38. The molecule has 0 fully saturated rings. The van der Waals surface area contributed by atoms with Gasteiger partial charge in [0.25, 0.3) is 0 Å². The first-order valence-corrected chi connectivity index (χ1v) is 7.96. The van der Waals surface area contributed by atoms with E-state index < -0.39 is 24.7 Å². The summed E-state index contributed by atoms with van der Waals surface area (Å²) >= 11 is 0. The standard InChI is InChI=1S/C4H10O5S3.K/c1-11(5,6)10-3-2-4-12(7,8)9;/h2-4H2,1H3,(H,7,8,9);/q;+1/p-1. The van der Waals surface area contributed by atoms with Gasteiger partial charge in [-0.05, 0) is 17.2 Å². The van der Waals surface area contributed by atoms with E-state index in [4.69, 9.17) is 0 Å². The van der Waals surface area contributed by atoms with Crippen molar-refractivity contribution >= 4 is 29.8 Å². The van der Waals surface area contributed by atoms with Gasteiger partial charge in [0.2, 0.25) is 0 Å². The zero-order valence-corrected chi connectivity index (χ0v) is 13.0. The molecule has 13 heavy (non-hydrogen) atoms. The number of rotatable bonds is 5. The van der Waals surface area contributed by atoms with Crippen molar-refractivity contribution in [1.82, 2.24) is 0 Å². The van der Waals surface area contributed by atoms with Crippen molar-refractivity contribution in [3.8, 4) is 0 Å². The van der Waals surface area contributed by atoms with Crippen LogP contribution in [-0.2, 0) is 19.0 Å². The topological polar surface area (TPSA) is 91.3 Å². The first-order valence-electron chi connectivity index (χ1n) is 2.99. The fraction of sp³-hybridized carbons (Fsp3) is 1.00. The second kappa shape index (κ2) is 7.17. The van der Waals surface area contributed by atoms with Crippen LogP contribution in [-0.4, -0.2) is 39.1 Å². The van der Waals surface area contributed by atoms with Crippen LogP contribution in [0.25, 0.3) is 0 Å². The molecule has 0 bridgehead atoms. The zero-order valence-electron chi connectivity index (χ0n) is 7.39. The Morgan fingerprint density at radius 2 is 1.69 bits per heavy atom. The fourth-order valence-corrected chi connectivity index (χ4v) is 2.95. The summed E-state index contributed by atoms with van der Waals surface area (Å²) in [6.07, 6.45) is 1.10. The summed E-state index contributed by atoms with van der Waals surface area (Å²) in [7, 11) is -6.68. The summed E-state index contributed by atoms with van der Waals surface area (Å²) in [5, 5.41) is 0. The molecule has 0 amide bonds. The molecular weight excluding hydrogens is 263 g/mol. The van der Waals surface area contributed by atoms with Crippen LogP contribution in [0, 0.1) is 0 Å². The Morgan fingerprint density at radius 1 is 1.23 bits per heavy atom. The van der Waals surface area contributed by atoms with Gasteiger partial charge in [-0.1, -0.05) is 0 Å². The van der Waals surface area contributed by atoms with E-state index in [9.17, 15) is 21.4 Å². The van der Waals surface area contributed by atoms with Gasteiger partial charge in [-0.25, -0.2) is 16.8 Å². The largest absolute Gasteiger partial charge is 1.00 e. The van der Waals surface area contributed by atoms with Crippen molar-refractivity contribution in [2.24, 2.45) is 0 Å². The molecule has 0 radical (unpaired) electrons. The molecule has 5 nitrogen and oxygen atoms in total. The van der Waals surface area contributed by atoms with E-state index in [-0.39, 0.29) is 63.6 Å². The van der Waals surface area contributed by atoms with E-state index in [2.05, 4.69) is 0 Å². The monoisotopic (exact) mass is 272 g/mol. The molecule has 74 valence electrons. The van der Waals surface area contributed by atoms with Crippen molar-refractivity contribution in [2.75, 3.05) is 17.8 Å². The van der Waals surface area contributed by atoms with Crippen molar-refractivity contribution in [3.05, 3.63) is 0 Å². The van der Waals surface area contributed by atoms with Gasteiger partial charge in [-0.2, -0.15) is 0 Å². The van der Waals surface area contributed by atoms with Crippen LogP contribution in [0.3, 0.4) is 0 Å². The molecule has 0 saturated carbocycles. The van der Waals surface area contributed by atoms with Crippen LogP contribution in [0.2, 0.25) is 0 Å². The SMILES string of the molecule is CS(=O)(=O)SCCCS(=O)(=O)[O-].[K+]. The van der Waals surface area contributed by atoms with E-state index in [0.29, 0.717) is 10.8 Å². The Balaban J connectivity index is 0. The van der Waals surface area contributed by atoms with Crippen LogP contribution in [0.5, 0.6) is 0 Å². The van der Waals surface area contributed by atoms with E-state index >= 15 is 0 Å². The van der Waals surface area contributed by atoms with Crippen LogP contribution < -0.4 is 51.4 Å². The minimum absolute atomic E-state index is 0.